The van der Waals surface area contributed by atoms with E-state index >= 15 is 0 Å². The van der Waals surface area contributed by atoms with Gasteiger partial charge in [0.2, 0.25) is 0 Å². The van der Waals surface area contributed by atoms with Crippen molar-refractivity contribution in [1.29, 1.82) is 0 Å². The van der Waals surface area contributed by atoms with Gasteiger partial charge in [-0.2, -0.15) is 5.10 Å². The second-order valence-electron chi connectivity index (χ2n) is 4.27. The standard InChI is InChI=1S/C15H15FN2OS/c1-3-13-7-8-14(20-13)10(2)17-18-15(19)11-5-4-6-12(16)9-11/h4-9H,3H2,1-2H3,(H,18,19). The summed E-state index contributed by atoms with van der Waals surface area (Å²) in [6, 6.07) is 9.55. The Morgan fingerprint density at radius 1 is 1.35 bits per heavy atom. The van der Waals surface area contributed by atoms with Crippen molar-refractivity contribution in [3.05, 3.63) is 57.5 Å². The molecule has 0 aliphatic heterocycles. The summed E-state index contributed by atoms with van der Waals surface area (Å²) in [5.41, 5.74) is 3.43. The molecule has 1 aromatic heterocycles. The number of nitrogens with one attached hydrogen (secondary N) is 1. The number of aryl methyl sites for hydroxylation is 1. The number of amides is 1. The smallest absolute Gasteiger partial charge is 0.267 e. The van der Waals surface area contributed by atoms with Crippen molar-refractivity contribution in [2.75, 3.05) is 0 Å². The molecule has 20 heavy (non-hydrogen) atoms. The Labute approximate surface area is 121 Å². The van der Waals surface area contributed by atoms with E-state index in [4.69, 9.17) is 0 Å². The fraction of sp³-hybridized carbons (Fsp3) is 0.200. The van der Waals surface area contributed by atoms with Crippen LogP contribution in [-0.4, -0.2) is 11.6 Å². The zero-order valence-corrected chi connectivity index (χ0v) is 12.1. The van der Waals surface area contributed by atoms with Crippen LogP contribution in [0.1, 0.15) is 34.0 Å². The number of hydrazone groups is 1. The minimum Gasteiger partial charge on any atom is -0.267 e. The molecule has 0 atom stereocenters. The monoisotopic (exact) mass is 290 g/mol. The molecule has 5 heteroatoms. The van der Waals surface area contributed by atoms with Gasteiger partial charge in [-0.05, 0) is 43.7 Å². The molecule has 0 saturated heterocycles. The number of hydrogen-bond acceptors (Lipinski definition) is 3. The third-order valence-corrected chi connectivity index (χ3v) is 4.12. The summed E-state index contributed by atoms with van der Waals surface area (Å²) in [5, 5.41) is 4.05. The molecule has 0 aliphatic carbocycles. The van der Waals surface area contributed by atoms with Gasteiger partial charge in [-0.25, -0.2) is 9.82 Å². The van der Waals surface area contributed by atoms with E-state index in [2.05, 4.69) is 17.5 Å². The van der Waals surface area contributed by atoms with Gasteiger partial charge >= 0.3 is 0 Å². The lowest BCUT2D eigenvalue weighted by molar-refractivity contribution is 0.0954. The first-order chi connectivity index (χ1) is 9.60. The predicted molar refractivity (Wildman–Crippen MR) is 79.8 cm³/mol. The highest BCUT2D eigenvalue weighted by atomic mass is 32.1. The maximum absolute atomic E-state index is 13.0. The molecule has 1 N–H and O–H groups in total. The van der Waals surface area contributed by atoms with Gasteiger partial charge in [-0.15, -0.1) is 11.3 Å². The second kappa shape index (κ2) is 6.43. The lowest BCUT2D eigenvalue weighted by Gasteiger charge is -2.01. The predicted octanol–water partition coefficient (Wildman–Crippen LogP) is 3.60. The second-order valence-corrected chi connectivity index (χ2v) is 5.44. The average Bonchev–Trinajstić information content (AvgIpc) is 2.93. The quantitative estimate of drug-likeness (QED) is 0.678. The van der Waals surface area contributed by atoms with Crippen molar-refractivity contribution in [2.24, 2.45) is 5.10 Å². The van der Waals surface area contributed by atoms with Crippen LogP contribution < -0.4 is 5.43 Å². The number of thiophene rings is 1. The van der Waals surface area contributed by atoms with E-state index in [9.17, 15) is 9.18 Å². The minimum absolute atomic E-state index is 0.252. The number of hydrogen-bond donors (Lipinski definition) is 1. The third-order valence-electron chi connectivity index (χ3n) is 2.78. The topological polar surface area (TPSA) is 41.5 Å². The molecule has 0 saturated carbocycles. The van der Waals surface area contributed by atoms with Crippen LogP contribution in [0.25, 0.3) is 0 Å². The first-order valence-corrected chi connectivity index (χ1v) is 7.11. The zero-order valence-electron chi connectivity index (χ0n) is 11.3. The van der Waals surface area contributed by atoms with E-state index in [1.165, 1.54) is 23.1 Å². The van der Waals surface area contributed by atoms with Gasteiger partial charge in [0.05, 0.1) is 10.6 Å². The summed E-state index contributed by atoms with van der Waals surface area (Å²) in [6.45, 7) is 3.92. The van der Waals surface area contributed by atoms with Crippen LogP contribution in [0.5, 0.6) is 0 Å². The molecule has 1 aromatic carbocycles. The molecule has 1 amide bonds. The molecule has 104 valence electrons. The van der Waals surface area contributed by atoms with Crippen LogP contribution >= 0.6 is 11.3 Å². The molecule has 0 radical (unpaired) electrons. The highest BCUT2D eigenvalue weighted by molar-refractivity contribution is 7.14. The molecule has 0 spiro atoms. The lowest BCUT2D eigenvalue weighted by atomic mass is 10.2. The van der Waals surface area contributed by atoms with Gasteiger partial charge in [-0.3, -0.25) is 4.79 Å². The molecule has 3 nitrogen and oxygen atoms in total. The van der Waals surface area contributed by atoms with E-state index < -0.39 is 11.7 Å². The fourth-order valence-corrected chi connectivity index (χ4v) is 2.54. The van der Waals surface area contributed by atoms with Crippen molar-refractivity contribution >= 4 is 23.0 Å². The number of halogens is 1. The highest BCUT2D eigenvalue weighted by Gasteiger charge is 2.06. The maximum atomic E-state index is 13.0. The Bertz CT molecular complexity index is 649. The van der Waals surface area contributed by atoms with Gasteiger partial charge in [-0.1, -0.05) is 13.0 Å². The Balaban J connectivity index is 2.06. The summed E-state index contributed by atoms with van der Waals surface area (Å²) in [6.07, 6.45) is 0.980. The van der Waals surface area contributed by atoms with E-state index in [0.717, 1.165) is 17.0 Å². The maximum Gasteiger partial charge on any atom is 0.271 e. The van der Waals surface area contributed by atoms with Crippen LogP contribution in [0, 0.1) is 5.82 Å². The summed E-state index contributed by atoms with van der Waals surface area (Å²) >= 11 is 1.65. The van der Waals surface area contributed by atoms with Gasteiger partial charge in [0.15, 0.2) is 0 Å². The Morgan fingerprint density at radius 3 is 2.80 bits per heavy atom. The van der Waals surface area contributed by atoms with Crippen molar-refractivity contribution in [3.63, 3.8) is 0 Å². The van der Waals surface area contributed by atoms with Crippen LogP contribution in [0.4, 0.5) is 4.39 Å². The molecule has 0 fully saturated rings. The van der Waals surface area contributed by atoms with Gasteiger partial charge in [0.25, 0.3) is 5.91 Å². The normalized spacial score (nSPS) is 11.4. The van der Waals surface area contributed by atoms with Crippen LogP contribution in [0.2, 0.25) is 0 Å². The summed E-state index contributed by atoms with van der Waals surface area (Å²) in [5.74, 6) is -0.861. The van der Waals surface area contributed by atoms with E-state index in [1.54, 1.807) is 17.4 Å². The molecule has 0 bridgehead atoms. The summed E-state index contributed by atoms with van der Waals surface area (Å²) < 4.78 is 13.0. The fourth-order valence-electron chi connectivity index (χ4n) is 1.65. The van der Waals surface area contributed by atoms with Gasteiger partial charge in [0, 0.05) is 10.4 Å². The largest absolute Gasteiger partial charge is 0.271 e. The molecule has 0 unspecified atom stereocenters. The molecule has 0 aliphatic rings. The van der Waals surface area contributed by atoms with Crippen molar-refractivity contribution in [1.82, 2.24) is 5.43 Å². The molecular weight excluding hydrogens is 275 g/mol. The van der Waals surface area contributed by atoms with Crippen molar-refractivity contribution < 1.29 is 9.18 Å². The first kappa shape index (κ1) is 14.4. The summed E-state index contributed by atoms with van der Waals surface area (Å²) in [4.78, 5) is 14.1. The number of rotatable bonds is 4. The Morgan fingerprint density at radius 2 is 2.15 bits per heavy atom. The van der Waals surface area contributed by atoms with Gasteiger partial charge in [0.1, 0.15) is 5.82 Å². The Kier molecular flexibility index (Phi) is 4.63. The molecule has 2 aromatic rings. The SMILES string of the molecule is CCc1ccc(C(C)=NNC(=O)c2cccc(F)c2)s1. The Hall–Kier alpha value is -2.01. The minimum atomic E-state index is -0.441. The number of carbonyl (C=O) groups is 1. The van der Waals surface area contributed by atoms with Crippen LogP contribution in [0.3, 0.4) is 0 Å². The zero-order chi connectivity index (χ0) is 14.5. The number of benzene rings is 1. The third kappa shape index (κ3) is 3.51. The van der Waals surface area contributed by atoms with E-state index in [1.807, 2.05) is 19.1 Å². The number of nitrogens with zero attached hydrogens (tertiary/aromatic N) is 1. The molecule has 2 rings (SSSR count). The molecular formula is C15H15FN2OS. The van der Waals surface area contributed by atoms with Gasteiger partial charge < -0.3 is 0 Å². The first-order valence-electron chi connectivity index (χ1n) is 6.29. The molecule has 1 heterocycles. The van der Waals surface area contributed by atoms with E-state index in [-0.39, 0.29) is 5.56 Å². The van der Waals surface area contributed by atoms with Crippen molar-refractivity contribution in [3.8, 4) is 0 Å². The van der Waals surface area contributed by atoms with Crippen LogP contribution in [0.15, 0.2) is 41.5 Å². The lowest BCUT2D eigenvalue weighted by Crippen LogP contribution is -2.19. The summed E-state index contributed by atoms with van der Waals surface area (Å²) in [7, 11) is 0. The van der Waals surface area contributed by atoms with Crippen molar-refractivity contribution in [2.45, 2.75) is 20.3 Å². The highest BCUT2D eigenvalue weighted by Crippen LogP contribution is 2.17. The van der Waals surface area contributed by atoms with E-state index in [0.29, 0.717) is 0 Å². The number of carbonyl (C=O) groups excluding carboxylic acids is 1. The van der Waals surface area contributed by atoms with Crippen LogP contribution in [-0.2, 0) is 6.42 Å². The average molecular weight is 290 g/mol.